The van der Waals surface area contributed by atoms with E-state index < -0.39 is 240 Å². The second kappa shape index (κ2) is 43.7. The molecule has 134 heavy (non-hydrogen) atoms. The molecule has 7 aromatic carbocycles. The van der Waals surface area contributed by atoms with Crippen molar-refractivity contribution in [1.29, 1.82) is 0 Å². The number of Topliss-reactive ketones (excluding diaryl/α,β-unsaturated/α-hetero) is 5. The van der Waals surface area contributed by atoms with Gasteiger partial charge in [-0.25, -0.2) is 0 Å². The van der Waals surface area contributed by atoms with Crippen LogP contribution in [0.25, 0.3) is 11.1 Å². The second-order valence-electron chi connectivity index (χ2n) is 34.8. The lowest BCUT2D eigenvalue weighted by Crippen LogP contribution is -2.66. The fourth-order valence-corrected chi connectivity index (χ4v) is 17.9. The van der Waals surface area contributed by atoms with Gasteiger partial charge in [-0.3, -0.25) is 52.7 Å². The van der Waals surface area contributed by atoms with Crippen molar-refractivity contribution in [2.24, 2.45) is 23.5 Å². The Kier molecular flexibility index (Phi) is 32.5. The van der Waals surface area contributed by atoms with Gasteiger partial charge in [0.05, 0.1) is 115 Å². The third kappa shape index (κ3) is 23.2. The number of fused-ring (bicyclic) bond motifs is 17. The number of rotatable bonds is 28. The number of carbonyl (C=O) groups is 11. The number of phenols is 3. The molecule has 8 heterocycles. The number of halogens is 2. The lowest BCUT2D eigenvalue weighted by atomic mass is 9.83. The van der Waals surface area contributed by atoms with Crippen molar-refractivity contribution in [2.45, 2.75) is 209 Å². The largest absolute Gasteiger partial charge is 0.508 e. The molecule has 8 aliphatic rings. The number of nitrogens with zero attached hydrogens (tertiary/aromatic N) is 1. The molecule has 35 nitrogen and oxygen atoms in total. The maximum atomic E-state index is 16.4. The predicted octanol–water partition coefficient (Wildman–Crippen LogP) is 7.33. The Balaban J connectivity index is 0.817. The molecule has 712 valence electrons. The van der Waals surface area contributed by atoms with Crippen molar-refractivity contribution in [1.82, 2.24) is 26.6 Å². The molecule has 37 heteroatoms. The smallest absolute Gasteiger partial charge is 0.230 e. The van der Waals surface area contributed by atoms with Crippen molar-refractivity contribution in [2.75, 3.05) is 45.0 Å². The molecule has 7 aromatic rings. The number of phenolic OH excluding ortho intramolecular Hbond substituents is 3. The Bertz CT molecular complexity index is 5710. The molecule has 2 saturated heterocycles. The molecule has 0 aliphatic carbocycles. The summed E-state index contributed by atoms with van der Waals surface area (Å²) < 4.78 is 50.9. The fourth-order valence-electron chi connectivity index (χ4n) is 17.5. The van der Waals surface area contributed by atoms with Crippen molar-refractivity contribution in [3.63, 3.8) is 0 Å². The number of aliphatic hydroxyl groups is 6. The van der Waals surface area contributed by atoms with Crippen molar-refractivity contribution < 1.29 is 137 Å². The summed E-state index contributed by atoms with van der Waals surface area (Å²) in [6.07, 6.45) is -21.8. The highest BCUT2D eigenvalue weighted by atomic mass is 35.5. The molecule has 0 radical (unpaired) electrons. The Morgan fingerprint density at radius 2 is 1.32 bits per heavy atom. The number of primary amides is 1. The highest BCUT2D eigenvalue weighted by molar-refractivity contribution is 6.32. The van der Waals surface area contributed by atoms with E-state index in [1.54, 1.807) is 4.90 Å². The van der Waals surface area contributed by atoms with Gasteiger partial charge in [0.15, 0.2) is 47.0 Å². The third-order valence-electron chi connectivity index (χ3n) is 24.6. The van der Waals surface area contributed by atoms with Crippen LogP contribution in [0.2, 0.25) is 10.0 Å². The van der Waals surface area contributed by atoms with Crippen LogP contribution in [0.3, 0.4) is 0 Å². The minimum Gasteiger partial charge on any atom is -0.508 e. The van der Waals surface area contributed by atoms with Crippen LogP contribution in [0.4, 0.5) is 5.69 Å². The second-order valence-corrected chi connectivity index (χ2v) is 35.6. The van der Waals surface area contributed by atoms with Gasteiger partial charge in [0.1, 0.15) is 71.0 Å². The summed E-state index contributed by atoms with van der Waals surface area (Å²) in [6.45, 7) is 7.03. The van der Waals surface area contributed by atoms with Gasteiger partial charge >= 0.3 is 0 Å². The molecule has 0 aromatic heterocycles. The van der Waals surface area contributed by atoms with Crippen LogP contribution in [-0.2, 0) is 83.0 Å². The van der Waals surface area contributed by atoms with Gasteiger partial charge in [0.25, 0.3) is 0 Å². The van der Waals surface area contributed by atoms with Gasteiger partial charge in [-0.15, -0.1) is 0 Å². The van der Waals surface area contributed by atoms with Gasteiger partial charge in [-0.1, -0.05) is 97.4 Å². The molecule has 0 spiro atoms. The summed E-state index contributed by atoms with van der Waals surface area (Å²) in [7, 11) is 1.52. The summed E-state index contributed by atoms with van der Waals surface area (Å²) in [5.74, 6) is -13.3. The van der Waals surface area contributed by atoms with E-state index in [-0.39, 0.29) is 132 Å². The summed E-state index contributed by atoms with van der Waals surface area (Å²) in [6, 6.07) is 23.1. The number of nitrogens with two attached hydrogens (primary N) is 1. The van der Waals surface area contributed by atoms with Crippen molar-refractivity contribution in [3.8, 4) is 69.0 Å². The standard InChI is InChI=1S/C97H107Cl2N7O28/c1-47(2)32-66(101-6)70(112)41-62-86(119)53-21-24-74(64(98)34-53)130-76-36-56-37-77(131-75-25-22-54(35-65(75)99)87(120)63-42-73(115)85(104-93(124)59(56)40-71(113)67(43-79(100)116)102-94(62)125)52-20-23-69(111)60(33-52)83-61(38-58(110)39-72(83)114)84(48(3)108)103-95(63)126)90(76)134-96-91(89(122)88(121)78(46-107)132-96)133-82-44-97(5,92(123)49(4)129-82)105-80(117)27-29-128-31-30-127-28-26-57(109)15-11-17-81(118)106-45-55-14-8-7-12-50(55)18-19-51-13-9-10-16-68(51)106/h7-10,12-14,16,20-25,33-39,47,49,59,62-63,66-67,78,82,84-89,91-92,96,101,107,110-111,114,119-123H,11,15,17,26-32,40-46H2,1-6H3,(H2,100,116)(H,102,125)(H,103,126)(H,104,124)(H,105,117)/t49-,59+,62+,63-,66+,67-,78+,82-,84+,85+,86+,87+,88+,89-,91+,92+,96-,97-/m0/s1. The number of para-hydroxylation sites is 1. The van der Waals surface area contributed by atoms with E-state index in [0.717, 1.165) is 66.1 Å². The number of ether oxygens (including phenoxy) is 8. The monoisotopic (exact) mass is 1890 g/mol. The Labute approximate surface area is 780 Å². The molecule has 16 N–H and O–H groups in total. The first kappa shape index (κ1) is 99.6. The first-order chi connectivity index (χ1) is 63.9. The number of aromatic hydroxyl groups is 3. The zero-order valence-electron chi connectivity index (χ0n) is 74.1. The molecule has 0 saturated carbocycles. The van der Waals surface area contributed by atoms with Crippen LogP contribution in [0.1, 0.15) is 180 Å². The number of nitrogens with one attached hydrogen (secondary N) is 5. The van der Waals surface area contributed by atoms with E-state index in [1.165, 1.54) is 57.3 Å². The summed E-state index contributed by atoms with van der Waals surface area (Å²) >= 11 is 14.4. The minimum absolute atomic E-state index is 0.0209. The van der Waals surface area contributed by atoms with Crippen LogP contribution in [0.15, 0.2) is 127 Å². The summed E-state index contributed by atoms with van der Waals surface area (Å²) in [5, 5.41) is 119. The van der Waals surface area contributed by atoms with Crippen LogP contribution < -0.4 is 51.4 Å². The van der Waals surface area contributed by atoms with E-state index in [2.05, 4.69) is 38.4 Å². The minimum atomic E-state index is -2.13. The van der Waals surface area contributed by atoms with Gasteiger partial charge in [0, 0.05) is 79.7 Å². The average molecular weight is 1890 g/mol. The van der Waals surface area contributed by atoms with Gasteiger partial charge in [-0.05, 0) is 153 Å². The summed E-state index contributed by atoms with van der Waals surface area (Å²) in [4.78, 5) is 162. The summed E-state index contributed by atoms with van der Waals surface area (Å²) in [5.41, 5.74) is 5.53. The Morgan fingerprint density at radius 3 is 1.98 bits per heavy atom. The maximum absolute atomic E-state index is 16.4. The highest BCUT2D eigenvalue weighted by Crippen LogP contribution is 2.51. The number of hydrogen-bond acceptors (Lipinski definition) is 29. The van der Waals surface area contributed by atoms with E-state index in [9.17, 15) is 74.7 Å². The molecular formula is C97H107Cl2N7O28. The molecule has 6 amide bonds. The van der Waals surface area contributed by atoms with E-state index in [0.29, 0.717) is 18.7 Å². The molecule has 2 fully saturated rings. The normalized spacial score (nSPS) is 25.4. The Morgan fingerprint density at radius 1 is 0.672 bits per heavy atom. The van der Waals surface area contributed by atoms with E-state index in [1.807, 2.05) is 62.4 Å². The average Bonchev–Trinajstić information content (AvgIpc) is 0.758. The third-order valence-corrected chi connectivity index (χ3v) is 25.2. The fraction of sp³-hybridized carbons (Fsp3) is 0.433. The quantitative estimate of drug-likeness (QED) is 0.0168. The molecule has 15 rings (SSSR count). The number of hydrogen-bond donors (Lipinski definition) is 15. The lowest BCUT2D eigenvalue weighted by Gasteiger charge is -2.48. The Hall–Kier alpha value is -11.8. The molecule has 18 atom stereocenters. The molecule has 11 bridgehead atoms. The van der Waals surface area contributed by atoms with Crippen LogP contribution >= 0.6 is 23.2 Å². The zero-order valence-corrected chi connectivity index (χ0v) is 75.6. The number of benzene rings is 7. The SMILES string of the molecule is CN[C@H](CC(C)C)C(=O)C[C@H]1C(=O)N[C@@H](CC(N)=O)C(=O)C[C@H]2C(=O)N[C@H]3C(=O)C[C@H](C(=O)N[C@H](C(C)=O)c4cc(O)cc(O)c4-c4cc3ccc4O)[C@H](O)c3ccc(c(Cl)c3)Oc3cc2cc(c3O[C@@H]2O[C@H](CO)[C@@H](O)[C@H](O)[C@H]2O[C@H]2C[C@](C)(NC(=O)CCOCCOCCC(=O)CCCC(=O)N3Cc4ccccc4C#Cc4ccccc43)[C@H](O)[C@H](C)O2)Oc2ccc(cc2Cl)[C@H]1O. The highest BCUT2D eigenvalue weighted by Gasteiger charge is 2.53. The number of anilines is 1. The predicted molar refractivity (Wildman–Crippen MR) is 480 cm³/mol. The topological polar surface area (TPSA) is 533 Å². The van der Waals surface area contributed by atoms with Gasteiger partial charge < -0.3 is 121 Å². The van der Waals surface area contributed by atoms with Crippen molar-refractivity contribution in [3.05, 3.63) is 182 Å². The van der Waals surface area contributed by atoms with Gasteiger partial charge in [0.2, 0.25) is 47.5 Å². The zero-order chi connectivity index (χ0) is 96.4. The van der Waals surface area contributed by atoms with E-state index >= 15 is 24.0 Å². The molecular weight excluding hydrogens is 1780 g/mol. The van der Waals surface area contributed by atoms with E-state index in [4.69, 9.17) is 66.8 Å². The maximum Gasteiger partial charge on any atom is 0.230 e. The number of likely N-dealkylation sites (N-methyl/N-ethyl adjacent to an activating group) is 1. The molecule has 0 unspecified atom stereocenters. The number of carbonyl (C=O) groups excluding carboxylic acids is 11. The van der Waals surface area contributed by atoms with Crippen molar-refractivity contribution >= 4 is 93.2 Å². The first-order valence-corrected chi connectivity index (χ1v) is 44.7. The van der Waals surface area contributed by atoms with Crippen LogP contribution in [0.5, 0.6) is 46.0 Å². The van der Waals surface area contributed by atoms with Gasteiger partial charge in [-0.2, -0.15) is 0 Å². The number of amides is 6. The number of ketones is 5. The van der Waals surface area contributed by atoms with Crippen LogP contribution in [0, 0.1) is 29.6 Å². The first-order valence-electron chi connectivity index (χ1n) is 44.0. The van der Waals surface area contributed by atoms with Crippen LogP contribution in [-0.4, -0.2) is 217 Å². The number of aliphatic hydroxyl groups excluding tert-OH is 6. The molecule has 8 aliphatic heterocycles. The lowest BCUT2D eigenvalue weighted by molar-refractivity contribution is -0.334.